The summed E-state index contributed by atoms with van der Waals surface area (Å²) in [5.41, 5.74) is 2.45. The lowest BCUT2D eigenvalue weighted by Gasteiger charge is -2.19. The summed E-state index contributed by atoms with van der Waals surface area (Å²) < 4.78 is 7.21. The Bertz CT molecular complexity index is 519. The quantitative estimate of drug-likeness (QED) is 0.843. The number of ether oxygens (including phenoxy) is 1. The highest BCUT2D eigenvalue weighted by Gasteiger charge is 2.12. The predicted octanol–water partition coefficient (Wildman–Crippen LogP) is 2.94. The van der Waals surface area contributed by atoms with Crippen molar-refractivity contribution in [2.24, 2.45) is 0 Å². The number of rotatable bonds is 7. The second kappa shape index (κ2) is 7.10. The molecule has 2 aromatic rings. The first-order valence-electron chi connectivity index (χ1n) is 7.09. The zero-order chi connectivity index (χ0) is 14.4. The number of hydrogen-bond acceptors (Lipinski definition) is 3. The Morgan fingerprint density at radius 3 is 2.60 bits per heavy atom. The zero-order valence-electron chi connectivity index (χ0n) is 12.5. The van der Waals surface area contributed by atoms with Gasteiger partial charge in [0.2, 0.25) is 0 Å². The molecule has 0 aliphatic carbocycles. The zero-order valence-corrected chi connectivity index (χ0v) is 12.5. The van der Waals surface area contributed by atoms with Crippen molar-refractivity contribution in [3.63, 3.8) is 0 Å². The molecule has 108 valence electrons. The van der Waals surface area contributed by atoms with E-state index in [1.807, 2.05) is 23.0 Å². The van der Waals surface area contributed by atoms with E-state index in [1.165, 1.54) is 11.1 Å². The van der Waals surface area contributed by atoms with Crippen molar-refractivity contribution < 1.29 is 4.74 Å². The molecule has 0 aliphatic rings. The SMILES string of the molecule is CCCNC(Cn1cc(C)cn1)c1ccc(OC)cc1. The Labute approximate surface area is 120 Å². The van der Waals surface area contributed by atoms with Gasteiger partial charge >= 0.3 is 0 Å². The van der Waals surface area contributed by atoms with Crippen LogP contribution in [-0.4, -0.2) is 23.4 Å². The van der Waals surface area contributed by atoms with E-state index in [0.29, 0.717) is 0 Å². The van der Waals surface area contributed by atoms with Gasteiger partial charge in [0.05, 0.1) is 25.9 Å². The van der Waals surface area contributed by atoms with Crippen molar-refractivity contribution in [2.45, 2.75) is 32.9 Å². The third kappa shape index (κ3) is 3.84. The van der Waals surface area contributed by atoms with Crippen LogP contribution in [0.25, 0.3) is 0 Å². The van der Waals surface area contributed by atoms with Crippen LogP contribution in [0.5, 0.6) is 5.75 Å². The Kier molecular flexibility index (Phi) is 5.18. The summed E-state index contributed by atoms with van der Waals surface area (Å²) in [4.78, 5) is 0. The minimum absolute atomic E-state index is 0.264. The van der Waals surface area contributed by atoms with Gasteiger partial charge in [-0.25, -0.2) is 0 Å². The van der Waals surface area contributed by atoms with Gasteiger partial charge in [0.15, 0.2) is 0 Å². The van der Waals surface area contributed by atoms with Gasteiger partial charge in [0.25, 0.3) is 0 Å². The Morgan fingerprint density at radius 1 is 1.30 bits per heavy atom. The molecule has 20 heavy (non-hydrogen) atoms. The molecule has 2 rings (SSSR count). The normalized spacial score (nSPS) is 12.3. The molecule has 0 fully saturated rings. The first-order chi connectivity index (χ1) is 9.72. The summed E-state index contributed by atoms with van der Waals surface area (Å²) in [6, 6.07) is 8.50. The van der Waals surface area contributed by atoms with E-state index in [4.69, 9.17) is 4.74 Å². The number of methoxy groups -OCH3 is 1. The number of nitrogens with one attached hydrogen (secondary N) is 1. The van der Waals surface area contributed by atoms with Crippen LogP contribution in [0.15, 0.2) is 36.7 Å². The first kappa shape index (κ1) is 14.6. The summed E-state index contributed by atoms with van der Waals surface area (Å²) in [5.74, 6) is 0.887. The molecule has 0 bridgehead atoms. The van der Waals surface area contributed by atoms with Crippen molar-refractivity contribution in [1.82, 2.24) is 15.1 Å². The summed E-state index contributed by atoms with van der Waals surface area (Å²) in [7, 11) is 1.69. The fraction of sp³-hybridized carbons (Fsp3) is 0.438. The summed E-state index contributed by atoms with van der Waals surface area (Å²) in [5, 5.41) is 7.95. The first-order valence-corrected chi connectivity index (χ1v) is 7.09. The number of aromatic nitrogens is 2. The number of hydrogen-bond donors (Lipinski definition) is 1. The molecular weight excluding hydrogens is 250 g/mol. The van der Waals surface area contributed by atoms with Crippen LogP contribution in [0, 0.1) is 6.92 Å². The molecule has 1 N–H and O–H groups in total. The molecule has 0 radical (unpaired) electrons. The highest BCUT2D eigenvalue weighted by Crippen LogP contribution is 2.19. The predicted molar refractivity (Wildman–Crippen MR) is 81.0 cm³/mol. The van der Waals surface area contributed by atoms with E-state index in [-0.39, 0.29) is 6.04 Å². The fourth-order valence-electron chi connectivity index (χ4n) is 2.20. The minimum Gasteiger partial charge on any atom is -0.497 e. The second-order valence-electron chi connectivity index (χ2n) is 5.02. The van der Waals surface area contributed by atoms with E-state index >= 15 is 0 Å². The van der Waals surface area contributed by atoms with E-state index in [2.05, 4.69) is 42.6 Å². The highest BCUT2D eigenvalue weighted by molar-refractivity contribution is 5.29. The van der Waals surface area contributed by atoms with Crippen LogP contribution < -0.4 is 10.1 Å². The molecule has 0 saturated carbocycles. The number of aryl methyl sites for hydroxylation is 1. The molecule has 0 spiro atoms. The van der Waals surface area contributed by atoms with Gasteiger partial charge < -0.3 is 10.1 Å². The second-order valence-corrected chi connectivity index (χ2v) is 5.02. The van der Waals surface area contributed by atoms with Gasteiger partial charge in [-0.1, -0.05) is 19.1 Å². The molecular formula is C16H23N3O. The molecule has 1 heterocycles. The van der Waals surface area contributed by atoms with Crippen molar-refractivity contribution in [2.75, 3.05) is 13.7 Å². The molecule has 0 saturated heterocycles. The number of benzene rings is 1. The third-order valence-corrected chi connectivity index (χ3v) is 3.29. The van der Waals surface area contributed by atoms with Gasteiger partial charge in [-0.3, -0.25) is 4.68 Å². The molecule has 1 atom stereocenters. The number of nitrogens with zero attached hydrogens (tertiary/aromatic N) is 2. The third-order valence-electron chi connectivity index (χ3n) is 3.29. The van der Waals surface area contributed by atoms with E-state index in [0.717, 1.165) is 25.3 Å². The minimum atomic E-state index is 0.264. The topological polar surface area (TPSA) is 39.1 Å². The average molecular weight is 273 g/mol. The molecule has 4 heteroatoms. The maximum atomic E-state index is 5.21. The largest absolute Gasteiger partial charge is 0.497 e. The van der Waals surface area contributed by atoms with Gasteiger partial charge in [0, 0.05) is 6.20 Å². The van der Waals surface area contributed by atoms with Crippen LogP contribution in [0.4, 0.5) is 0 Å². The average Bonchev–Trinajstić information content (AvgIpc) is 2.89. The van der Waals surface area contributed by atoms with E-state index in [1.54, 1.807) is 7.11 Å². The van der Waals surface area contributed by atoms with Crippen LogP contribution in [0.1, 0.15) is 30.5 Å². The Balaban J connectivity index is 2.12. The molecule has 1 aromatic carbocycles. The standard InChI is InChI=1S/C16H23N3O/c1-4-9-17-16(12-19-11-13(2)10-18-19)14-5-7-15(20-3)8-6-14/h5-8,10-11,16-17H,4,9,12H2,1-3H3. The molecule has 1 unspecified atom stereocenters. The smallest absolute Gasteiger partial charge is 0.118 e. The van der Waals surface area contributed by atoms with Gasteiger partial charge in [0.1, 0.15) is 5.75 Å². The highest BCUT2D eigenvalue weighted by atomic mass is 16.5. The molecule has 4 nitrogen and oxygen atoms in total. The Hall–Kier alpha value is -1.81. The molecule has 0 amide bonds. The lowest BCUT2D eigenvalue weighted by atomic mass is 10.1. The van der Waals surface area contributed by atoms with Gasteiger partial charge in [-0.15, -0.1) is 0 Å². The van der Waals surface area contributed by atoms with Gasteiger partial charge in [-0.05, 0) is 43.1 Å². The van der Waals surface area contributed by atoms with Crippen molar-refractivity contribution in [3.05, 3.63) is 47.8 Å². The van der Waals surface area contributed by atoms with Crippen LogP contribution >= 0.6 is 0 Å². The van der Waals surface area contributed by atoms with E-state index < -0.39 is 0 Å². The van der Waals surface area contributed by atoms with Gasteiger partial charge in [-0.2, -0.15) is 5.10 Å². The van der Waals surface area contributed by atoms with E-state index in [9.17, 15) is 0 Å². The van der Waals surface area contributed by atoms with Crippen LogP contribution in [0.3, 0.4) is 0 Å². The van der Waals surface area contributed by atoms with Crippen molar-refractivity contribution >= 4 is 0 Å². The van der Waals surface area contributed by atoms with Crippen LogP contribution in [0.2, 0.25) is 0 Å². The lowest BCUT2D eigenvalue weighted by molar-refractivity contribution is 0.412. The van der Waals surface area contributed by atoms with Crippen molar-refractivity contribution in [1.29, 1.82) is 0 Å². The maximum Gasteiger partial charge on any atom is 0.118 e. The fourth-order valence-corrected chi connectivity index (χ4v) is 2.20. The maximum absolute atomic E-state index is 5.21. The summed E-state index contributed by atoms with van der Waals surface area (Å²) in [6.07, 6.45) is 5.08. The van der Waals surface area contributed by atoms with Crippen molar-refractivity contribution in [3.8, 4) is 5.75 Å². The molecule has 0 aliphatic heterocycles. The summed E-state index contributed by atoms with van der Waals surface area (Å²) >= 11 is 0. The Morgan fingerprint density at radius 2 is 2.05 bits per heavy atom. The summed E-state index contributed by atoms with van der Waals surface area (Å²) in [6.45, 7) is 6.07. The van der Waals surface area contributed by atoms with Crippen LogP contribution in [-0.2, 0) is 6.54 Å². The lowest BCUT2D eigenvalue weighted by Crippen LogP contribution is -2.26. The monoisotopic (exact) mass is 273 g/mol. The molecule has 1 aromatic heterocycles.